The third-order valence-corrected chi connectivity index (χ3v) is 3.02. The number of aromatic nitrogens is 1. The van der Waals surface area contributed by atoms with Crippen molar-refractivity contribution in [2.24, 2.45) is 0 Å². The number of amides is 1. The van der Waals surface area contributed by atoms with Crippen molar-refractivity contribution in [1.29, 1.82) is 0 Å². The highest BCUT2D eigenvalue weighted by molar-refractivity contribution is 9.10. The van der Waals surface area contributed by atoms with E-state index in [-0.39, 0.29) is 5.91 Å². The van der Waals surface area contributed by atoms with Crippen LogP contribution in [0.25, 0.3) is 0 Å². The molecule has 0 aliphatic heterocycles. The highest BCUT2D eigenvalue weighted by atomic mass is 79.9. The molecule has 0 radical (unpaired) electrons. The van der Waals surface area contributed by atoms with Crippen molar-refractivity contribution < 1.29 is 4.79 Å². The Balaban J connectivity index is 2.17. The number of carbonyl (C=O) groups is 1. The second-order valence-electron chi connectivity index (χ2n) is 3.30. The molecule has 0 aliphatic carbocycles. The molecule has 0 saturated heterocycles. The lowest BCUT2D eigenvalue weighted by Gasteiger charge is -2.06. The predicted molar refractivity (Wildman–Crippen MR) is 71.3 cm³/mol. The van der Waals surface area contributed by atoms with Crippen LogP contribution in [-0.4, -0.2) is 10.9 Å². The lowest BCUT2D eigenvalue weighted by atomic mass is 10.2. The summed E-state index contributed by atoms with van der Waals surface area (Å²) in [7, 11) is 0. The monoisotopic (exact) mass is 310 g/mol. The normalized spacial score (nSPS) is 10.0. The zero-order valence-corrected chi connectivity index (χ0v) is 11.0. The highest BCUT2D eigenvalue weighted by Crippen LogP contribution is 2.18. The first-order valence-corrected chi connectivity index (χ1v) is 6.01. The summed E-state index contributed by atoms with van der Waals surface area (Å²) >= 11 is 8.98. The van der Waals surface area contributed by atoms with E-state index < -0.39 is 0 Å². The van der Waals surface area contributed by atoms with Crippen LogP contribution in [0.3, 0.4) is 0 Å². The maximum atomic E-state index is 11.9. The van der Waals surface area contributed by atoms with E-state index in [1.54, 1.807) is 24.3 Å². The molecule has 0 atom stereocenters. The number of pyridine rings is 1. The molecule has 1 aromatic carbocycles. The van der Waals surface area contributed by atoms with Gasteiger partial charge in [0.05, 0.1) is 17.4 Å². The van der Waals surface area contributed by atoms with E-state index in [1.807, 2.05) is 12.1 Å². The Morgan fingerprint density at radius 2 is 2.00 bits per heavy atom. The van der Waals surface area contributed by atoms with Crippen molar-refractivity contribution in [2.75, 3.05) is 5.32 Å². The van der Waals surface area contributed by atoms with E-state index in [2.05, 4.69) is 26.2 Å². The van der Waals surface area contributed by atoms with E-state index in [0.717, 1.165) is 4.47 Å². The fourth-order valence-electron chi connectivity index (χ4n) is 1.29. The van der Waals surface area contributed by atoms with Crippen molar-refractivity contribution in [3.8, 4) is 0 Å². The minimum atomic E-state index is -0.193. The molecule has 1 amide bonds. The Kier molecular flexibility index (Phi) is 3.76. The van der Waals surface area contributed by atoms with Gasteiger partial charge in [-0.15, -0.1) is 0 Å². The van der Waals surface area contributed by atoms with Crippen LogP contribution in [0.1, 0.15) is 10.4 Å². The number of anilines is 1. The summed E-state index contributed by atoms with van der Waals surface area (Å²) in [4.78, 5) is 15.8. The Morgan fingerprint density at radius 3 is 2.65 bits per heavy atom. The number of nitrogens with zero attached hydrogens (tertiary/aromatic N) is 1. The summed E-state index contributed by atoms with van der Waals surface area (Å²) in [6.07, 6.45) is 1.51. The molecule has 5 heteroatoms. The summed E-state index contributed by atoms with van der Waals surface area (Å²) in [5.41, 5.74) is 1.18. The Hall–Kier alpha value is -1.39. The molecule has 3 nitrogen and oxygen atoms in total. The molecule has 0 aliphatic rings. The van der Waals surface area contributed by atoms with Gasteiger partial charge in [0.15, 0.2) is 0 Å². The van der Waals surface area contributed by atoms with Crippen molar-refractivity contribution in [2.45, 2.75) is 0 Å². The number of hydrogen-bond acceptors (Lipinski definition) is 2. The zero-order valence-electron chi connectivity index (χ0n) is 8.65. The third kappa shape index (κ3) is 3.05. The summed E-state index contributed by atoms with van der Waals surface area (Å²) in [5.74, 6) is -0.193. The van der Waals surface area contributed by atoms with Gasteiger partial charge in [-0.25, -0.2) is 4.98 Å². The maximum Gasteiger partial charge on any atom is 0.256 e. The van der Waals surface area contributed by atoms with Crippen LogP contribution in [0.2, 0.25) is 5.15 Å². The van der Waals surface area contributed by atoms with E-state index in [9.17, 15) is 4.79 Å². The van der Waals surface area contributed by atoms with E-state index >= 15 is 0 Å². The molecular formula is C12H8BrClN2O. The largest absolute Gasteiger partial charge is 0.321 e. The summed E-state index contributed by atoms with van der Waals surface area (Å²) < 4.78 is 0.749. The molecule has 17 heavy (non-hydrogen) atoms. The third-order valence-electron chi connectivity index (χ3n) is 2.10. The molecule has 2 aromatic rings. The second-order valence-corrected chi connectivity index (χ2v) is 4.55. The van der Waals surface area contributed by atoms with Crippen LogP contribution >= 0.6 is 27.5 Å². The van der Waals surface area contributed by atoms with Crippen molar-refractivity contribution in [3.05, 3.63) is 57.8 Å². The Bertz CT molecular complexity index is 542. The van der Waals surface area contributed by atoms with E-state index in [0.29, 0.717) is 16.4 Å². The van der Waals surface area contributed by atoms with Crippen LogP contribution in [0.15, 0.2) is 47.1 Å². The average molecular weight is 312 g/mol. The van der Waals surface area contributed by atoms with Gasteiger partial charge in [-0.2, -0.15) is 0 Å². The van der Waals surface area contributed by atoms with E-state index in [4.69, 9.17) is 11.6 Å². The van der Waals surface area contributed by atoms with Crippen LogP contribution in [0.4, 0.5) is 5.69 Å². The lowest BCUT2D eigenvalue weighted by Crippen LogP contribution is -2.12. The van der Waals surface area contributed by atoms with Crippen molar-refractivity contribution in [3.63, 3.8) is 0 Å². The van der Waals surface area contributed by atoms with Gasteiger partial charge < -0.3 is 5.32 Å². The lowest BCUT2D eigenvalue weighted by molar-refractivity contribution is 0.102. The molecule has 0 fully saturated rings. The number of hydrogen-bond donors (Lipinski definition) is 1. The van der Waals surface area contributed by atoms with Gasteiger partial charge >= 0.3 is 0 Å². The molecule has 1 N–H and O–H groups in total. The van der Waals surface area contributed by atoms with Gasteiger partial charge in [0.1, 0.15) is 5.15 Å². The molecule has 2 rings (SSSR count). The number of nitrogens with one attached hydrogen (secondary N) is 1. The second kappa shape index (κ2) is 5.29. The van der Waals surface area contributed by atoms with Gasteiger partial charge in [-0.1, -0.05) is 23.7 Å². The van der Waals surface area contributed by atoms with Gasteiger partial charge in [0.25, 0.3) is 5.91 Å². The molecule has 0 unspecified atom stereocenters. The van der Waals surface area contributed by atoms with Crippen LogP contribution in [0, 0.1) is 0 Å². The summed E-state index contributed by atoms with van der Waals surface area (Å²) in [6, 6.07) is 10.5. The number of benzene rings is 1. The molecule has 1 aromatic heterocycles. The van der Waals surface area contributed by atoms with Crippen LogP contribution in [-0.2, 0) is 0 Å². The van der Waals surface area contributed by atoms with Crippen molar-refractivity contribution >= 4 is 39.1 Å². The first kappa shape index (κ1) is 12.1. The quantitative estimate of drug-likeness (QED) is 0.858. The van der Waals surface area contributed by atoms with Gasteiger partial charge in [0.2, 0.25) is 0 Å². The van der Waals surface area contributed by atoms with E-state index in [1.165, 1.54) is 6.20 Å². The molecule has 0 bridgehead atoms. The molecular weight excluding hydrogens is 304 g/mol. The first-order chi connectivity index (χ1) is 8.16. The van der Waals surface area contributed by atoms with Gasteiger partial charge in [-0.05, 0) is 40.2 Å². The SMILES string of the molecule is O=C(Nc1ccc(Cl)nc1)c1ccccc1Br. The fraction of sp³-hybridized carbons (Fsp3) is 0. The van der Waals surface area contributed by atoms with Crippen LogP contribution in [0.5, 0.6) is 0 Å². The smallest absolute Gasteiger partial charge is 0.256 e. The summed E-state index contributed by atoms with van der Waals surface area (Å²) in [6.45, 7) is 0. The number of halogens is 2. The fourth-order valence-corrected chi connectivity index (χ4v) is 1.87. The minimum Gasteiger partial charge on any atom is -0.321 e. The topological polar surface area (TPSA) is 42.0 Å². The van der Waals surface area contributed by atoms with Crippen molar-refractivity contribution in [1.82, 2.24) is 4.98 Å². The molecule has 1 heterocycles. The highest BCUT2D eigenvalue weighted by Gasteiger charge is 2.09. The standard InChI is InChI=1S/C12H8BrClN2O/c13-10-4-2-1-3-9(10)12(17)16-8-5-6-11(14)15-7-8/h1-7H,(H,16,17). The first-order valence-electron chi connectivity index (χ1n) is 4.84. The predicted octanol–water partition coefficient (Wildman–Crippen LogP) is 3.75. The number of rotatable bonds is 2. The zero-order chi connectivity index (χ0) is 12.3. The molecule has 0 spiro atoms. The van der Waals surface area contributed by atoms with Crippen LogP contribution < -0.4 is 5.32 Å². The number of carbonyl (C=O) groups excluding carboxylic acids is 1. The Labute approximate surface area is 112 Å². The van der Waals surface area contributed by atoms with Gasteiger partial charge in [-0.3, -0.25) is 4.79 Å². The molecule has 86 valence electrons. The summed E-state index contributed by atoms with van der Waals surface area (Å²) in [5, 5.41) is 3.13. The minimum absolute atomic E-state index is 0.193. The van der Waals surface area contributed by atoms with Gasteiger partial charge in [0, 0.05) is 4.47 Å². The maximum absolute atomic E-state index is 11.9. The molecule has 0 saturated carbocycles. The average Bonchev–Trinajstić information content (AvgIpc) is 2.32. The Morgan fingerprint density at radius 1 is 1.24 bits per heavy atom.